The first kappa shape index (κ1) is 18.1. The van der Waals surface area contributed by atoms with Crippen molar-refractivity contribution in [2.45, 2.75) is 4.90 Å². The van der Waals surface area contributed by atoms with Gasteiger partial charge in [0.2, 0.25) is 0 Å². The molecule has 2 aromatic carbocycles. The standard InChI is InChI=1S/C17H18FN3O4S/c1-26(24,25)13-6-7-16(17(12-13)21(22)23)20-10-8-19(9-11-20)15-5-3-2-4-14(15)18/h2-7,12H,8-11H2,1H3. The molecule has 26 heavy (non-hydrogen) atoms. The van der Waals surface area contributed by atoms with Gasteiger partial charge in [-0.2, -0.15) is 0 Å². The van der Waals surface area contributed by atoms with Crippen LogP contribution >= 0.6 is 0 Å². The zero-order valence-corrected chi connectivity index (χ0v) is 14.9. The molecular formula is C17H18FN3O4S. The number of hydrogen-bond acceptors (Lipinski definition) is 6. The molecule has 0 aromatic heterocycles. The van der Waals surface area contributed by atoms with E-state index in [0.717, 1.165) is 12.3 Å². The van der Waals surface area contributed by atoms with Crippen molar-refractivity contribution in [3.05, 3.63) is 58.4 Å². The minimum absolute atomic E-state index is 0.0852. The molecule has 0 saturated carbocycles. The van der Waals surface area contributed by atoms with Crippen molar-refractivity contribution < 1.29 is 17.7 Å². The highest BCUT2D eigenvalue weighted by Gasteiger charge is 2.26. The number of nitro benzene ring substituents is 1. The summed E-state index contributed by atoms with van der Waals surface area (Å²) in [6.07, 6.45) is 1.01. The van der Waals surface area contributed by atoms with E-state index in [1.54, 1.807) is 18.2 Å². The first-order chi connectivity index (χ1) is 12.3. The molecule has 1 heterocycles. The molecule has 1 aliphatic heterocycles. The third-order valence-corrected chi connectivity index (χ3v) is 5.50. The molecule has 0 amide bonds. The second-order valence-corrected chi connectivity index (χ2v) is 8.12. The van der Waals surface area contributed by atoms with E-state index in [1.807, 2.05) is 9.80 Å². The van der Waals surface area contributed by atoms with E-state index in [-0.39, 0.29) is 16.4 Å². The normalized spacial score (nSPS) is 15.2. The fourth-order valence-corrected chi connectivity index (χ4v) is 3.68. The summed E-state index contributed by atoms with van der Waals surface area (Å²) in [5.41, 5.74) is 0.636. The lowest BCUT2D eigenvalue weighted by Gasteiger charge is -2.37. The van der Waals surface area contributed by atoms with Gasteiger partial charge in [0, 0.05) is 38.5 Å². The fraction of sp³-hybridized carbons (Fsp3) is 0.294. The summed E-state index contributed by atoms with van der Waals surface area (Å²) in [5, 5.41) is 11.4. The van der Waals surface area contributed by atoms with Gasteiger partial charge in [0.05, 0.1) is 15.5 Å². The molecule has 1 saturated heterocycles. The first-order valence-corrected chi connectivity index (χ1v) is 9.89. The predicted octanol–water partition coefficient (Wildman–Crippen LogP) is 2.46. The Balaban J connectivity index is 1.83. The molecule has 0 bridgehead atoms. The smallest absolute Gasteiger partial charge is 0.293 e. The van der Waals surface area contributed by atoms with E-state index >= 15 is 0 Å². The summed E-state index contributed by atoms with van der Waals surface area (Å²) in [5.74, 6) is -0.301. The highest BCUT2D eigenvalue weighted by Crippen LogP contribution is 2.32. The number of hydrogen-bond donors (Lipinski definition) is 0. The summed E-state index contributed by atoms with van der Waals surface area (Å²) in [6.45, 7) is 1.94. The van der Waals surface area contributed by atoms with Gasteiger partial charge in [-0.05, 0) is 24.3 Å². The van der Waals surface area contributed by atoms with E-state index in [2.05, 4.69) is 0 Å². The Labute approximate surface area is 150 Å². The highest BCUT2D eigenvalue weighted by atomic mass is 32.2. The van der Waals surface area contributed by atoms with Crippen LogP contribution in [0.1, 0.15) is 0 Å². The monoisotopic (exact) mass is 379 g/mol. The number of halogens is 1. The third kappa shape index (κ3) is 3.62. The zero-order valence-electron chi connectivity index (χ0n) is 14.1. The summed E-state index contributed by atoms with van der Waals surface area (Å²) < 4.78 is 37.2. The lowest BCUT2D eigenvalue weighted by Crippen LogP contribution is -2.47. The van der Waals surface area contributed by atoms with E-state index in [0.29, 0.717) is 37.6 Å². The summed E-state index contributed by atoms with van der Waals surface area (Å²) in [6, 6.07) is 10.4. The van der Waals surface area contributed by atoms with Crippen LogP contribution in [-0.4, -0.2) is 45.8 Å². The number of benzene rings is 2. The molecule has 3 rings (SSSR count). The first-order valence-electron chi connectivity index (χ1n) is 8.00. The summed E-state index contributed by atoms with van der Waals surface area (Å²) in [7, 11) is -3.53. The lowest BCUT2D eigenvalue weighted by atomic mass is 10.2. The van der Waals surface area contributed by atoms with E-state index < -0.39 is 14.8 Å². The molecule has 138 valence electrons. The van der Waals surface area contributed by atoms with Crippen molar-refractivity contribution in [3.63, 3.8) is 0 Å². The Morgan fingerprint density at radius 2 is 1.58 bits per heavy atom. The van der Waals surface area contributed by atoms with E-state index in [9.17, 15) is 22.9 Å². The van der Waals surface area contributed by atoms with Crippen LogP contribution in [0.5, 0.6) is 0 Å². The highest BCUT2D eigenvalue weighted by molar-refractivity contribution is 7.90. The molecule has 0 unspecified atom stereocenters. The van der Waals surface area contributed by atoms with Crippen molar-refractivity contribution in [1.82, 2.24) is 0 Å². The van der Waals surface area contributed by atoms with Crippen LogP contribution in [0.15, 0.2) is 47.4 Å². The maximum atomic E-state index is 13.9. The van der Waals surface area contributed by atoms with Gasteiger partial charge in [0.15, 0.2) is 9.84 Å². The Morgan fingerprint density at radius 3 is 2.12 bits per heavy atom. The van der Waals surface area contributed by atoms with Gasteiger partial charge in [0.25, 0.3) is 5.69 Å². The average molecular weight is 379 g/mol. The van der Waals surface area contributed by atoms with Crippen LogP contribution in [-0.2, 0) is 9.84 Å². The molecule has 0 aliphatic carbocycles. The average Bonchev–Trinajstić information content (AvgIpc) is 2.61. The van der Waals surface area contributed by atoms with Crippen LogP contribution in [0.3, 0.4) is 0 Å². The van der Waals surface area contributed by atoms with Crippen molar-refractivity contribution in [1.29, 1.82) is 0 Å². The number of nitro groups is 1. The van der Waals surface area contributed by atoms with Crippen molar-refractivity contribution >= 4 is 26.9 Å². The quantitative estimate of drug-likeness (QED) is 0.599. The van der Waals surface area contributed by atoms with E-state index in [1.165, 1.54) is 18.2 Å². The van der Waals surface area contributed by atoms with Gasteiger partial charge in [-0.15, -0.1) is 0 Å². The molecule has 1 fully saturated rings. The minimum Gasteiger partial charge on any atom is -0.366 e. The van der Waals surface area contributed by atoms with Crippen LogP contribution in [0.25, 0.3) is 0 Å². The van der Waals surface area contributed by atoms with Gasteiger partial charge < -0.3 is 9.80 Å². The van der Waals surface area contributed by atoms with Gasteiger partial charge in [-0.25, -0.2) is 12.8 Å². The molecule has 0 radical (unpaired) electrons. The Morgan fingerprint density at radius 1 is 1.00 bits per heavy atom. The second-order valence-electron chi connectivity index (χ2n) is 6.11. The fourth-order valence-electron chi connectivity index (χ4n) is 3.04. The van der Waals surface area contributed by atoms with Gasteiger partial charge >= 0.3 is 0 Å². The third-order valence-electron chi connectivity index (χ3n) is 4.39. The number of sulfone groups is 1. The van der Waals surface area contributed by atoms with Crippen LogP contribution in [0, 0.1) is 15.9 Å². The van der Waals surface area contributed by atoms with Crippen molar-refractivity contribution in [2.75, 3.05) is 42.2 Å². The molecule has 1 aliphatic rings. The van der Waals surface area contributed by atoms with Crippen molar-refractivity contribution in [3.8, 4) is 0 Å². The number of rotatable bonds is 4. The SMILES string of the molecule is CS(=O)(=O)c1ccc(N2CCN(c3ccccc3F)CC2)c([N+](=O)[O-])c1. The van der Waals surface area contributed by atoms with Gasteiger partial charge in [-0.1, -0.05) is 12.1 Å². The Bertz CT molecular complexity index is 941. The van der Waals surface area contributed by atoms with Crippen LogP contribution in [0.4, 0.5) is 21.5 Å². The number of piperazine rings is 1. The lowest BCUT2D eigenvalue weighted by molar-refractivity contribution is -0.384. The maximum Gasteiger partial charge on any atom is 0.293 e. The molecular weight excluding hydrogens is 361 g/mol. The number of para-hydroxylation sites is 1. The number of anilines is 2. The number of nitrogens with zero attached hydrogens (tertiary/aromatic N) is 3. The van der Waals surface area contributed by atoms with Crippen molar-refractivity contribution in [2.24, 2.45) is 0 Å². The summed E-state index contributed by atoms with van der Waals surface area (Å²) in [4.78, 5) is 14.4. The molecule has 2 aromatic rings. The van der Waals surface area contributed by atoms with Crippen LogP contribution < -0.4 is 9.80 Å². The minimum atomic E-state index is -3.53. The molecule has 9 heteroatoms. The molecule has 0 atom stereocenters. The topological polar surface area (TPSA) is 83.8 Å². The Kier molecular flexibility index (Phi) is 4.82. The molecule has 0 spiro atoms. The second kappa shape index (κ2) is 6.91. The largest absolute Gasteiger partial charge is 0.366 e. The van der Waals surface area contributed by atoms with Gasteiger partial charge in [-0.3, -0.25) is 10.1 Å². The van der Waals surface area contributed by atoms with Gasteiger partial charge in [0.1, 0.15) is 11.5 Å². The molecule has 7 nitrogen and oxygen atoms in total. The zero-order chi connectivity index (χ0) is 18.9. The van der Waals surface area contributed by atoms with E-state index in [4.69, 9.17) is 0 Å². The summed E-state index contributed by atoms with van der Waals surface area (Å²) >= 11 is 0. The Hall–Kier alpha value is -2.68. The maximum absolute atomic E-state index is 13.9. The molecule has 0 N–H and O–H groups in total. The van der Waals surface area contributed by atoms with Crippen LogP contribution in [0.2, 0.25) is 0 Å². The predicted molar refractivity (Wildman–Crippen MR) is 97.0 cm³/mol.